The molecule has 0 unspecified atom stereocenters. The topological polar surface area (TPSA) is 0 Å². The average Bonchev–Trinajstić information content (AvgIpc) is 1.79. The van der Waals surface area contributed by atoms with Gasteiger partial charge >= 0.3 is 11.1 Å². The molecular formula is C4H8B2Cl4. The summed E-state index contributed by atoms with van der Waals surface area (Å²) in [6.07, 6.45) is 3.63. The molecule has 0 N–H and O–H groups in total. The summed E-state index contributed by atoms with van der Waals surface area (Å²) in [6.45, 7) is 0. The Morgan fingerprint density at radius 3 is 1.20 bits per heavy atom. The lowest BCUT2D eigenvalue weighted by atomic mass is 9.90. The molecule has 0 nitrogen and oxygen atoms in total. The van der Waals surface area contributed by atoms with Gasteiger partial charge in [0.25, 0.3) is 0 Å². The normalized spacial score (nSPS) is 9.60. The summed E-state index contributed by atoms with van der Waals surface area (Å²) in [5.41, 5.74) is -0.492. The van der Waals surface area contributed by atoms with E-state index in [0.717, 1.165) is 25.5 Å². The predicted octanol–water partition coefficient (Wildman–Crippen LogP) is 3.70. The first-order valence-electron chi connectivity index (χ1n) is 3.19. The molecule has 0 spiro atoms. The number of hydrogen-bond donors (Lipinski definition) is 0. The summed E-state index contributed by atoms with van der Waals surface area (Å²) in [5.74, 6) is 0. The highest BCUT2D eigenvalue weighted by Crippen LogP contribution is 2.13. The quantitative estimate of drug-likeness (QED) is 0.489. The van der Waals surface area contributed by atoms with E-state index in [-0.39, 0.29) is 11.1 Å². The third kappa shape index (κ3) is 9.29. The SMILES string of the molecule is ClB(Cl)CCCCB(Cl)Cl. The Hall–Kier alpha value is 1.29. The zero-order chi connectivity index (χ0) is 7.98. The largest absolute Gasteiger partial charge is 0.351 e. The second-order valence-electron chi connectivity index (χ2n) is 2.07. The zero-order valence-electron chi connectivity index (χ0n) is 5.49. The van der Waals surface area contributed by atoms with Crippen LogP contribution in [0.1, 0.15) is 12.8 Å². The number of hydrogen-bond acceptors (Lipinski definition) is 0. The first-order chi connectivity index (χ1) is 4.63. The van der Waals surface area contributed by atoms with Crippen LogP contribution in [0.15, 0.2) is 0 Å². The summed E-state index contributed by atoms with van der Waals surface area (Å²) in [4.78, 5) is 0. The third-order valence-electron chi connectivity index (χ3n) is 1.09. The van der Waals surface area contributed by atoms with Crippen molar-refractivity contribution in [2.45, 2.75) is 25.5 Å². The molecule has 0 aliphatic heterocycles. The third-order valence-corrected chi connectivity index (χ3v) is 1.97. The van der Waals surface area contributed by atoms with Crippen LogP contribution in [-0.2, 0) is 0 Å². The van der Waals surface area contributed by atoms with Gasteiger partial charge < -0.3 is 0 Å². The maximum atomic E-state index is 5.49. The van der Waals surface area contributed by atoms with E-state index in [4.69, 9.17) is 45.8 Å². The summed E-state index contributed by atoms with van der Waals surface area (Å²) < 4.78 is 0. The molecule has 0 rings (SSSR count). The van der Waals surface area contributed by atoms with Crippen molar-refractivity contribution < 1.29 is 0 Å². The Bertz CT molecular complexity index is 67.7. The minimum absolute atomic E-state index is 0.246. The summed E-state index contributed by atoms with van der Waals surface area (Å²) in [5, 5.41) is 0. The fourth-order valence-corrected chi connectivity index (χ4v) is 1.21. The number of unbranched alkanes of at least 4 members (excludes halogenated alkanes) is 1. The summed E-state index contributed by atoms with van der Waals surface area (Å²) in [6, 6.07) is 0. The standard InChI is InChI=1S/C4H8B2Cl4/c7-5(8)3-1-2-4-6(9)10/h1-4H2. The lowest BCUT2D eigenvalue weighted by Gasteiger charge is -1.97. The van der Waals surface area contributed by atoms with Crippen molar-refractivity contribution in [3.05, 3.63) is 0 Å². The van der Waals surface area contributed by atoms with Gasteiger partial charge in [-0.25, -0.2) is 0 Å². The number of halogens is 4. The second-order valence-corrected chi connectivity index (χ2v) is 4.62. The van der Waals surface area contributed by atoms with Crippen LogP contribution in [0.3, 0.4) is 0 Å². The molecule has 0 bridgehead atoms. The Morgan fingerprint density at radius 2 is 1.00 bits per heavy atom. The zero-order valence-corrected chi connectivity index (χ0v) is 8.52. The van der Waals surface area contributed by atoms with E-state index in [1.54, 1.807) is 0 Å². The summed E-state index contributed by atoms with van der Waals surface area (Å²) >= 11 is 22.0. The van der Waals surface area contributed by atoms with Crippen molar-refractivity contribution >= 4 is 56.9 Å². The molecule has 0 saturated heterocycles. The molecule has 0 aromatic rings. The van der Waals surface area contributed by atoms with Crippen LogP contribution in [-0.4, -0.2) is 11.1 Å². The van der Waals surface area contributed by atoms with Gasteiger partial charge in [0.2, 0.25) is 0 Å². The highest BCUT2D eigenvalue weighted by Gasteiger charge is 2.07. The van der Waals surface area contributed by atoms with E-state index >= 15 is 0 Å². The van der Waals surface area contributed by atoms with Crippen LogP contribution in [0.4, 0.5) is 0 Å². The van der Waals surface area contributed by atoms with Crippen LogP contribution in [0.25, 0.3) is 0 Å². The first kappa shape index (κ1) is 11.3. The van der Waals surface area contributed by atoms with Gasteiger partial charge in [-0.1, -0.05) is 12.8 Å². The van der Waals surface area contributed by atoms with E-state index < -0.39 is 0 Å². The lowest BCUT2D eigenvalue weighted by molar-refractivity contribution is 0.876. The van der Waals surface area contributed by atoms with Crippen LogP contribution >= 0.6 is 45.8 Å². The monoisotopic (exact) mass is 218 g/mol. The predicted molar refractivity (Wildman–Crippen MR) is 53.8 cm³/mol. The lowest BCUT2D eigenvalue weighted by Crippen LogP contribution is -1.94. The van der Waals surface area contributed by atoms with Crippen molar-refractivity contribution in [2.75, 3.05) is 0 Å². The first-order valence-corrected chi connectivity index (χ1v) is 4.94. The van der Waals surface area contributed by atoms with E-state index in [2.05, 4.69) is 0 Å². The van der Waals surface area contributed by atoms with E-state index in [1.165, 1.54) is 0 Å². The van der Waals surface area contributed by atoms with Crippen molar-refractivity contribution in [1.29, 1.82) is 0 Å². The minimum atomic E-state index is -0.246. The van der Waals surface area contributed by atoms with E-state index in [9.17, 15) is 0 Å². The van der Waals surface area contributed by atoms with E-state index in [1.807, 2.05) is 0 Å². The van der Waals surface area contributed by atoms with Gasteiger partial charge in [-0.3, -0.25) is 0 Å². The molecule has 0 aliphatic rings. The molecule has 10 heavy (non-hydrogen) atoms. The molecule has 0 amide bonds. The van der Waals surface area contributed by atoms with Crippen molar-refractivity contribution in [2.24, 2.45) is 0 Å². The number of rotatable bonds is 5. The Labute approximate surface area is 82.4 Å². The molecule has 58 valence electrons. The van der Waals surface area contributed by atoms with Gasteiger partial charge in [-0.15, -0.1) is 0 Å². The van der Waals surface area contributed by atoms with Gasteiger partial charge in [-0.2, -0.15) is 45.8 Å². The van der Waals surface area contributed by atoms with Crippen LogP contribution < -0.4 is 0 Å². The molecule has 0 saturated carbocycles. The molecule has 0 aromatic carbocycles. The average molecular weight is 220 g/mol. The van der Waals surface area contributed by atoms with Gasteiger partial charge in [-0.05, 0) is 12.6 Å². The van der Waals surface area contributed by atoms with Crippen LogP contribution in [0.2, 0.25) is 12.6 Å². The Balaban J connectivity index is 2.91. The molecule has 0 atom stereocenters. The Morgan fingerprint density at radius 1 is 0.700 bits per heavy atom. The van der Waals surface area contributed by atoms with Gasteiger partial charge in [0.15, 0.2) is 0 Å². The second kappa shape index (κ2) is 6.97. The highest BCUT2D eigenvalue weighted by molar-refractivity contribution is 7.34. The molecular weight excluding hydrogens is 211 g/mol. The smallest absolute Gasteiger partial charge is 0.172 e. The minimum Gasteiger partial charge on any atom is -0.172 e. The van der Waals surface area contributed by atoms with Crippen LogP contribution in [0, 0.1) is 0 Å². The maximum Gasteiger partial charge on any atom is 0.351 e. The van der Waals surface area contributed by atoms with Crippen molar-refractivity contribution in [3.63, 3.8) is 0 Å². The molecule has 0 aromatic heterocycles. The molecule has 0 radical (unpaired) electrons. The molecule has 0 fully saturated rings. The summed E-state index contributed by atoms with van der Waals surface area (Å²) in [7, 11) is 0. The van der Waals surface area contributed by atoms with Gasteiger partial charge in [0, 0.05) is 0 Å². The van der Waals surface area contributed by atoms with Crippen molar-refractivity contribution in [3.8, 4) is 0 Å². The molecule has 0 aliphatic carbocycles. The fraction of sp³-hybridized carbons (Fsp3) is 1.00. The van der Waals surface area contributed by atoms with Crippen LogP contribution in [0.5, 0.6) is 0 Å². The van der Waals surface area contributed by atoms with Crippen molar-refractivity contribution in [1.82, 2.24) is 0 Å². The van der Waals surface area contributed by atoms with Gasteiger partial charge in [0.1, 0.15) is 0 Å². The fourth-order valence-electron chi connectivity index (χ4n) is 0.597. The van der Waals surface area contributed by atoms with Gasteiger partial charge in [0.05, 0.1) is 0 Å². The molecule has 6 heteroatoms. The maximum absolute atomic E-state index is 5.49. The molecule has 0 heterocycles. The highest BCUT2D eigenvalue weighted by atomic mass is 35.5. The Kier molecular flexibility index (Phi) is 7.87. The van der Waals surface area contributed by atoms with E-state index in [0.29, 0.717) is 0 Å².